The molecule has 208 valence electrons. The van der Waals surface area contributed by atoms with E-state index in [1.165, 1.54) is 17.6 Å². The molecule has 0 saturated carbocycles. The van der Waals surface area contributed by atoms with Crippen molar-refractivity contribution in [1.82, 2.24) is 10.3 Å². The molecule has 3 aromatic rings. The summed E-state index contributed by atoms with van der Waals surface area (Å²) < 4.78 is 5.14. The maximum absolute atomic E-state index is 13.2. The lowest BCUT2D eigenvalue weighted by atomic mass is 10.1. The zero-order chi connectivity index (χ0) is 28.5. The van der Waals surface area contributed by atoms with Crippen LogP contribution in [-0.4, -0.2) is 65.5 Å². The number of anilines is 1. The minimum Gasteiger partial charge on any atom is -0.497 e. The highest BCUT2D eigenvalue weighted by molar-refractivity contribution is 7.16. The van der Waals surface area contributed by atoms with Crippen molar-refractivity contribution in [2.75, 3.05) is 25.5 Å². The lowest BCUT2D eigenvalue weighted by Crippen LogP contribution is -2.35. The average Bonchev–Trinajstić information content (AvgIpc) is 3.16. The molecule has 0 aliphatic rings. The third-order valence-corrected chi connectivity index (χ3v) is 7.10. The normalized spacial score (nSPS) is 12.9. The van der Waals surface area contributed by atoms with Crippen molar-refractivity contribution < 1.29 is 24.5 Å². The summed E-state index contributed by atoms with van der Waals surface area (Å²) in [6.45, 7) is 8.39. The van der Waals surface area contributed by atoms with Crippen LogP contribution in [0, 0.1) is 13.8 Å². The molecule has 1 heterocycles. The molecule has 0 spiro atoms. The van der Waals surface area contributed by atoms with Gasteiger partial charge in [0.25, 0.3) is 11.8 Å². The summed E-state index contributed by atoms with van der Waals surface area (Å²) in [6, 6.07) is 14.4. The van der Waals surface area contributed by atoms with Crippen molar-refractivity contribution >= 4 is 34.4 Å². The number of amides is 2. The van der Waals surface area contributed by atoms with Gasteiger partial charge in [0, 0.05) is 30.1 Å². The Morgan fingerprint density at radius 1 is 1.05 bits per heavy atom. The number of benzene rings is 2. The largest absolute Gasteiger partial charge is 0.497 e. The molecule has 0 aliphatic heterocycles. The molecule has 0 aliphatic carbocycles. The van der Waals surface area contributed by atoms with Gasteiger partial charge in [0.05, 0.1) is 31.1 Å². The number of rotatable bonds is 12. The Labute approximate surface area is 233 Å². The number of carbonyl (C=O) groups is 2. The number of nitrogens with zero attached hydrogens (tertiary/aromatic N) is 2. The van der Waals surface area contributed by atoms with Gasteiger partial charge in [0.1, 0.15) is 10.8 Å². The number of hydrazone groups is 1. The summed E-state index contributed by atoms with van der Waals surface area (Å²) in [5, 5.41) is 27.0. The number of aryl methyl sites for hydroxylation is 1. The second-order valence-electron chi connectivity index (χ2n) is 9.51. The van der Waals surface area contributed by atoms with Gasteiger partial charge < -0.3 is 20.3 Å². The maximum Gasteiger partial charge on any atom is 0.274 e. The van der Waals surface area contributed by atoms with Crippen LogP contribution in [0.15, 0.2) is 53.6 Å². The molecule has 0 fully saturated rings. The number of aliphatic hydroxyl groups excluding tert-OH is 2. The number of carbonyl (C=O) groups excluding carboxylic acids is 2. The number of thiophene rings is 1. The molecule has 10 heteroatoms. The first-order valence-electron chi connectivity index (χ1n) is 12.6. The monoisotopic (exact) mass is 552 g/mol. The molecule has 39 heavy (non-hydrogen) atoms. The molecular formula is C29H36N4O5S. The predicted molar refractivity (Wildman–Crippen MR) is 155 cm³/mol. The van der Waals surface area contributed by atoms with Crippen LogP contribution in [0.25, 0.3) is 0 Å². The molecule has 2 amide bonds. The van der Waals surface area contributed by atoms with Crippen LogP contribution >= 0.6 is 11.3 Å². The topological polar surface area (TPSA) is 123 Å². The van der Waals surface area contributed by atoms with E-state index in [4.69, 9.17) is 4.74 Å². The lowest BCUT2D eigenvalue weighted by Gasteiger charge is -2.25. The molecule has 0 bridgehead atoms. The number of methoxy groups -OCH3 is 1. The van der Waals surface area contributed by atoms with Crippen LogP contribution in [0.3, 0.4) is 0 Å². The Bertz CT molecular complexity index is 1290. The summed E-state index contributed by atoms with van der Waals surface area (Å²) in [6.07, 6.45) is 0.435. The summed E-state index contributed by atoms with van der Waals surface area (Å²) in [7, 11) is 1.59. The minimum absolute atomic E-state index is 0.341. The van der Waals surface area contributed by atoms with Gasteiger partial charge in [0.2, 0.25) is 0 Å². The van der Waals surface area contributed by atoms with E-state index in [1.807, 2.05) is 36.9 Å². The SMILES string of the molecule is COc1ccc(C=NNC(=O)c2c(NC(=O)c3cccc(CN(CC(C)O)CC(C)O)c3)sc(C)c2C)cc1. The molecule has 0 radical (unpaired) electrons. The van der Waals surface area contributed by atoms with Gasteiger partial charge in [-0.15, -0.1) is 11.3 Å². The number of hydrogen-bond acceptors (Lipinski definition) is 8. The quantitative estimate of drug-likeness (QED) is 0.199. The van der Waals surface area contributed by atoms with Crippen molar-refractivity contribution in [3.8, 4) is 5.75 Å². The Morgan fingerprint density at radius 3 is 2.33 bits per heavy atom. The first-order valence-corrected chi connectivity index (χ1v) is 13.4. The summed E-state index contributed by atoms with van der Waals surface area (Å²) in [5.41, 5.74) is 5.80. The third-order valence-electron chi connectivity index (χ3n) is 5.98. The van der Waals surface area contributed by atoms with Gasteiger partial charge in [0.15, 0.2) is 0 Å². The van der Waals surface area contributed by atoms with Crippen LogP contribution in [0.5, 0.6) is 5.75 Å². The van der Waals surface area contributed by atoms with E-state index >= 15 is 0 Å². The van der Waals surface area contributed by atoms with Gasteiger partial charge in [-0.05, 0) is 80.8 Å². The van der Waals surface area contributed by atoms with Crippen molar-refractivity contribution in [2.45, 2.75) is 46.4 Å². The second-order valence-corrected chi connectivity index (χ2v) is 10.7. The fraction of sp³-hybridized carbons (Fsp3) is 0.345. The molecule has 9 nitrogen and oxygen atoms in total. The van der Waals surface area contributed by atoms with Gasteiger partial charge >= 0.3 is 0 Å². The Balaban J connectivity index is 1.72. The Hall–Kier alpha value is -3.57. The van der Waals surface area contributed by atoms with Crippen LogP contribution in [0.2, 0.25) is 0 Å². The molecule has 2 unspecified atom stereocenters. The van der Waals surface area contributed by atoms with Crippen LogP contribution in [0.1, 0.15) is 56.1 Å². The van der Waals surface area contributed by atoms with E-state index in [2.05, 4.69) is 15.8 Å². The zero-order valence-electron chi connectivity index (χ0n) is 22.9. The molecule has 0 saturated heterocycles. The Morgan fingerprint density at radius 2 is 1.72 bits per heavy atom. The van der Waals surface area contributed by atoms with Crippen molar-refractivity contribution in [1.29, 1.82) is 0 Å². The zero-order valence-corrected chi connectivity index (χ0v) is 23.7. The highest BCUT2D eigenvalue weighted by Crippen LogP contribution is 2.33. The number of ether oxygens (including phenoxy) is 1. The maximum atomic E-state index is 13.2. The molecule has 1 aromatic heterocycles. The van der Waals surface area contributed by atoms with E-state index in [0.717, 1.165) is 27.3 Å². The number of hydrogen-bond donors (Lipinski definition) is 4. The van der Waals surface area contributed by atoms with Crippen molar-refractivity contribution in [2.24, 2.45) is 5.10 Å². The van der Waals surface area contributed by atoms with Gasteiger partial charge in [-0.3, -0.25) is 14.5 Å². The van der Waals surface area contributed by atoms with E-state index in [0.29, 0.717) is 35.8 Å². The van der Waals surface area contributed by atoms with E-state index < -0.39 is 18.1 Å². The smallest absolute Gasteiger partial charge is 0.274 e. The molecule has 4 N–H and O–H groups in total. The van der Waals surface area contributed by atoms with Crippen LogP contribution in [-0.2, 0) is 6.54 Å². The highest BCUT2D eigenvalue weighted by atomic mass is 32.1. The molecular weight excluding hydrogens is 516 g/mol. The fourth-order valence-corrected chi connectivity index (χ4v) is 5.15. The highest BCUT2D eigenvalue weighted by Gasteiger charge is 2.22. The molecule has 2 atom stereocenters. The van der Waals surface area contributed by atoms with E-state index in [-0.39, 0.29) is 5.91 Å². The van der Waals surface area contributed by atoms with Crippen molar-refractivity contribution in [3.63, 3.8) is 0 Å². The predicted octanol–water partition coefficient (Wildman–Crippen LogP) is 3.95. The molecule has 3 rings (SSSR count). The first kappa shape index (κ1) is 30.0. The van der Waals surface area contributed by atoms with Gasteiger partial charge in [-0.2, -0.15) is 5.10 Å². The third kappa shape index (κ3) is 8.72. The first-order chi connectivity index (χ1) is 18.6. The number of aliphatic hydroxyl groups is 2. The second kappa shape index (κ2) is 14.0. The fourth-order valence-electron chi connectivity index (χ4n) is 4.10. The van der Waals surface area contributed by atoms with Gasteiger partial charge in [-0.1, -0.05) is 12.1 Å². The van der Waals surface area contributed by atoms with Crippen LogP contribution in [0.4, 0.5) is 5.00 Å². The van der Waals surface area contributed by atoms with Crippen molar-refractivity contribution in [3.05, 3.63) is 81.2 Å². The van der Waals surface area contributed by atoms with Gasteiger partial charge in [-0.25, -0.2) is 5.43 Å². The summed E-state index contributed by atoms with van der Waals surface area (Å²) >= 11 is 1.33. The summed E-state index contributed by atoms with van der Waals surface area (Å²) in [4.78, 5) is 29.1. The van der Waals surface area contributed by atoms with Crippen LogP contribution < -0.4 is 15.5 Å². The number of nitrogens with one attached hydrogen (secondary N) is 2. The molecule has 2 aromatic carbocycles. The minimum atomic E-state index is -0.550. The average molecular weight is 553 g/mol. The van der Waals surface area contributed by atoms with E-state index in [1.54, 1.807) is 51.3 Å². The van der Waals surface area contributed by atoms with E-state index in [9.17, 15) is 19.8 Å². The lowest BCUT2D eigenvalue weighted by molar-refractivity contribution is 0.0793. The standard InChI is InChI=1S/C29H36N4O5S/c1-18(34)15-33(16-19(2)35)17-23-7-6-8-24(13-23)27(36)31-29-26(20(3)21(4)39-29)28(37)32-30-14-22-9-11-25(38-5)12-10-22/h6-14,18-19,34-35H,15-17H2,1-5H3,(H,31,36)(H,32,37). The summed E-state index contributed by atoms with van der Waals surface area (Å²) in [5.74, 6) is -0.0349. The Kier molecular flexibility index (Phi) is 10.8.